The number of rotatable bonds is 4. The first kappa shape index (κ1) is 26.9. The van der Waals surface area contributed by atoms with Crippen LogP contribution in [0, 0.1) is 5.41 Å². The summed E-state index contributed by atoms with van der Waals surface area (Å²) in [5.41, 5.74) is 18.6. The number of hydrogen-bond donors (Lipinski definition) is 2. The maximum absolute atomic E-state index is 8.85. The van der Waals surface area contributed by atoms with Crippen molar-refractivity contribution >= 4 is 33.5 Å². The molecule has 0 saturated carbocycles. The van der Waals surface area contributed by atoms with Gasteiger partial charge in [0.25, 0.3) is 0 Å². The maximum Gasteiger partial charge on any atom is 0.154 e. The van der Waals surface area contributed by atoms with Crippen LogP contribution in [0.25, 0.3) is 49.7 Å². The van der Waals surface area contributed by atoms with Crippen LogP contribution in [0.5, 0.6) is 0 Å². The van der Waals surface area contributed by atoms with E-state index in [4.69, 9.17) is 11.1 Å². The van der Waals surface area contributed by atoms with E-state index in [9.17, 15) is 0 Å². The Hall–Kier alpha value is -5.74. The third kappa shape index (κ3) is 4.29. The molecule has 0 amide bonds. The van der Waals surface area contributed by atoms with Gasteiger partial charge < -0.3 is 10.3 Å². The van der Waals surface area contributed by atoms with Gasteiger partial charge in [-0.25, -0.2) is 4.99 Å². The molecule has 45 heavy (non-hydrogen) atoms. The van der Waals surface area contributed by atoms with E-state index in [0.717, 1.165) is 27.8 Å². The topological polar surface area (TPSA) is 67.2 Å². The average molecular weight is 581 g/mol. The Kier molecular flexibility index (Phi) is 6.07. The zero-order chi connectivity index (χ0) is 30.7. The first-order valence-corrected chi connectivity index (χ1v) is 15.3. The van der Waals surface area contributed by atoms with Crippen LogP contribution in [0.4, 0.5) is 0 Å². The molecule has 6 aromatic carbocycles. The van der Waals surface area contributed by atoms with E-state index >= 15 is 0 Å². The molecular weight excluding hydrogens is 548 g/mol. The van der Waals surface area contributed by atoms with Crippen LogP contribution in [-0.4, -0.2) is 16.2 Å². The summed E-state index contributed by atoms with van der Waals surface area (Å²) in [5, 5.41) is 11.3. The normalized spacial score (nSPS) is 13.6. The van der Waals surface area contributed by atoms with Gasteiger partial charge in [-0.2, -0.15) is 0 Å². The molecule has 0 spiro atoms. The first-order valence-electron chi connectivity index (χ1n) is 15.3. The van der Waals surface area contributed by atoms with E-state index in [1.54, 1.807) is 0 Å². The van der Waals surface area contributed by atoms with Crippen molar-refractivity contribution in [1.29, 1.82) is 5.41 Å². The Morgan fingerprint density at radius 2 is 1.29 bits per heavy atom. The van der Waals surface area contributed by atoms with E-state index in [1.807, 2.05) is 54.6 Å². The molecule has 3 N–H and O–H groups in total. The molecule has 0 bridgehead atoms. The van der Waals surface area contributed by atoms with Crippen molar-refractivity contribution in [2.24, 2.45) is 10.7 Å². The van der Waals surface area contributed by atoms with Crippen LogP contribution in [0.3, 0.4) is 0 Å². The van der Waals surface area contributed by atoms with Crippen LogP contribution in [0.2, 0.25) is 0 Å². The zero-order valence-electron chi connectivity index (χ0n) is 25.3. The maximum atomic E-state index is 8.85. The van der Waals surface area contributed by atoms with Gasteiger partial charge in [0, 0.05) is 33.0 Å². The number of aromatic nitrogens is 1. The van der Waals surface area contributed by atoms with Gasteiger partial charge in [0.05, 0.1) is 11.0 Å². The lowest BCUT2D eigenvalue weighted by molar-refractivity contribution is 0.661. The minimum absolute atomic E-state index is 0.0931. The summed E-state index contributed by atoms with van der Waals surface area (Å²) < 4.78 is 2.34. The molecule has 0 unspecified atom stereocenters. The monoisotopic (exact) mass is 580 g/mol. The van der Waals surface area contributed by atoms with Gasteiger partial charge in [0.15, 0.2) is 5.84 Å². The highest BCUT2D eigenvalue weighted by Crippen LogP contribution is 2.51. The minimum atomic E-state index is -0.0931. The molecular formula is C41H32N4. The Morgan fingerprint density at radius 3 is 2.09 bits per heavy atom. The predicted molar refractivity (Wildman–Crippen MR) is 188 cm³/mol. The van der Waals surface area contributed by atoms with Gasteiger partial charge in [-0.05, 0) is 63.7 Å². The molecule has 8 rings (SSSR count). The molecule has 1 aliphatic carbocycles. The van der Waals surface area contributed by atoms with Crippen LogP contribution in [-0.2, 0) is 5.41 Å². The molecule has 216 valence electrons. The first-order chi connectivity index (χ1) is 21.9. The highest BCUT2D eigenvalue weighted by Gasteiger charge is 2.36. The summed E-state index contributed by atoms with van der Waals surface area (Å²) in [6.07, 6.45) is 0. The number of fused-ring (bicyclic) bond motifs is 6. The van der Waals surface area contributed by atoms with E-state index in [0.29, 0.717) is 11.4 Å². The highest BCUT2D eigenvalue weighted by atomic mass is 15.0. The number of nitrogens with two attached hydrogens (primary N) is 1. The third-order valence-corrected chi connectivity index (χ3v) is 9.26. The number of amidine groups is 2. The summed E-state index contributed by atoms with van der Waals surface area (Å²) in [4.78, 5) is 4.48. The van der Waals surface area contributed by atoms with Crippen LogP contribution in [0.1, 0.15) is 36.1 Å². The molecule has 7 aromatic rings. The molecule has 1 heterocycles. The molecule has 0 atom stereocenters. The van der Waals surface area contributed by atoms with Crippen molar-refractivity contribution in [3.05, 3.63) is 162 Å². The Bertz CT molecular complexity index is 2310. The lowest BCUT2D eigenvalue weighted by atomic mass is 9.82. The van der Waals surface area contributed by atoms with Gasteiger partial charge in [-0.15, -0.1) is 0 Å². The average Bonchev–Trinajstić information content (AvgIpc) is 3.52. The number of benzene rings is 6. The van der Waals surface area contributed by atoms with Gasteiger partial charge >= 0.3 is 0 Å². The van der Waals surface area contributed by atoms with Gasteiger partial charge in [-0.3, -0.25) is 5.41 Å². The Balaban J connectivity index is 1.36. The minimum Gasteiger partial charge on any atom is -0.383 e. The molecule has 0 saturated heterocycles. The van der Waals surface area contributed by atoms with Crippen LogP contribution >= 0.6 is 0 Å². The SMILES string of the molecule is CC1(C)c2ccccc2-c2cc3c(cc21)c1ccc(-c2ccccc2)cc1n3-c1cccc(C(=N)N=C(N)c2ccccc2)c1. The van der Waals surface area contributed by atoms with Gasteiger partial charge in [-0.1, -0.05) is 123 Å². The second-order valence-corrected chi connectivity index (χ2v) is 12.3. The lowest BCUT2D eigenvalue weighted by Crippen LogP contribution is -2.15. The third-order valence-electron chi connectivity index (χ3n) is 9.26. The van der Waals surface area contributed by atoms with Crippen LogP contribution < -0.4 is 5.73 Å². The zero-order valence-corrected chi connectivity index (χ0v) is 25.3. The highest BCUT2D eigenvalue weighted by molar-refractivity contribution is 6.13. The standard InChI is InChI=1S/C41H32N4/c1-41(2)35-19-10-9-18-31(35)33-25-38-34(24-36(33)41)32-21-20-28(26-12-5-3-6-13-26)23-37(32)45(38)30-17-11-16-29(22-30)40(43)44-39(42)27-14-7-4-8-15-27/h3-25H,1-2H3,(H3,42,43,44). The number of nitrogens with one attached hydrogen (secondary N) is 1. The summed E-state index contributed by atoms with van der Waals surface area (Å²) in [5.74, 6) is 0.452. The fourth-order valence-corrected chi connectivity index (χ4v) is 6.95. The quantitative estimate of drug-likeness (QED) is 0.158. The predicted octanol–water partition coefficient (Wildman–Crippen LogP) is 9.49. The van der Waals surface area contributed by atoms with Crippen molar-refractivity contribution in [3.8, 4) is 27.9 Å². The molecule has 0 radical (unpaired) electrons. The summed E-state index contributed by atoms with van der Waals surface area (Å²) in [6, 6.07) is 48.5. The number of nitrogens with zero attached hydrogens (tertiary/aromatic N) is 2. The lowest BCUT2D eigenvalue weighted by Gasteiger charge is -2.21. The molecule has 1 aliphatic rings. The number of hydrogen-bond acceptors (Lipinski definition) is 1. The van der Waals surface area contributed by atoms with Crippen molar-refractivity contribution < 1.29 is 0 Å². The van der Waals surface area contributed by atoms with E-state index in [-0.39, 0.29) is 11.3 Å². The van der Waals surface area contributed by atoms with Gasteiger partial charge in [0.2, 0.25) is 0 Å². The van der Waals surface area contributed by atoms with Crippen molar-refractivity contribution in [2.75, 3.05) is 0 Å². The smallest absolute Gasteiger partial charge is 0.154 e. The van der Waals surface area contributed by atoms with Crippen molar-refractivity contribution in [2.45, 2.75) is 19.3 Å². The van der Waals surface area contributed by atoms with E-state index < -0.39 is 0 Å². The fraction of sp³-hybridized carbons (Fsp3) is 0.0732. The second-order valence-electron chi connectivity index (χ2n) is 12.3. The van der Waals surface area contributed by atoms with E-state index in [1.165, 1.54) is 38.6 Å². The molecule has 4 nitrogen and oxygen atoms in total. The van der Waals surface area contributed by atoms with Crippen LogP contribution in [0.15, 0.2) is 145 Å². The van der Waals surface area contributed by atoms with Crippen molar-refractivity contribution in [3.63, 3.8) is 0 Å². The summed E-state index contributed by atoms with van der Waals surface area (Å²) >= 11 is 0. The molecule has 0 fully saturated rings. The largest absolute Gasteiger partial charge is 0.383 e. The molecule has 1 aromatic heterocycles. The summed E-state index contributed by atoms with van der Waals surface area (Å²) in [7, 11) is 0. The number of aliphatic imine (C=N–C) groups is 1. The second kappa shape index (κ2) is 10.2. The van der Waals surface area contributed by atoms with E-state index in [2.05, 4.69) is 108 Å². The molecule has 4 heteroatoms. The summed E-state index contributed by atoms with van der Waals surface area (Å²) in [6.45, 7) is 4.65. The Labute approximate surface area is 262 Å². The van der Waals surface area contributed by atoms with Gasteiger partial charge in [0.1, 0.15) is 5.84 Å². The molecule has 0 aliphatic heterocycles. The van der Waals surface area contributed by atoms with Crippen molar-refractivity contribution in [1.82, 2.24) is 4.57 Å². The Morgan fingerprint density at radius 1 is 0.600 bits per heavy atom. The fourth-order valence-electron chi connectivity index (χ4n) is 6.95.